The first-order chi connectivity index (χ1) is 13.1. The molecule has 4 rings (SSSR count). The largest absolute Gasteiger partial charge is 0.324 e. The molecule has 0 saturated heterocycles. The van der Waals surface area contributed by atoms with E-state index in [1.807, 2.05) is 78.2 Å². The molecule has 0 radical (unpaired) electrons. The van der Waals surface area contributed by atoms with Gasteiger partial charge < -0.3 is 10.1 Å². The van der Waals surface area contributed by atoms with Crippen LogP contribution in [0.25, 0.3) is 16.6 Å². The molecular formula is C21H21N5O. The van der Waals surface area contributed by atoms with Crippen molar-refractivity contribution in [1.29, 1.82) is 0 Å². The minimum Gasteiger partial charge on any atom is -0.324 e. The Bertz CT molecular complexity index is 1120. The molecule has 0 aliphatic heterocycles. The first-order valence-corrected chi connectivity index (χ1v) is 8.85. The predicted molar refractivity (Wildman–Crippen MR) is 107 cm³/mol. The summed E-state index contributed by atoms with van der Waals surface area (Å²) in [6, 6.07) is 19.3. The first kappa shape index (κ1) is 17.1. The van der Waals surface area contributed by atoms with Crippen LogP contribution in [-0.2, 0) is 4.79 Å². The van der Waals surface area contributed by atoms with E-state index in [1.54, 1.807) is 0 Å². The van der Waals surface area contributed by atoms with Crippen molar-refractivity contribution in [2.75, 3.05) is 5.43 Å². The highest BCUT2D eigenvalue weighted by Crippen LogP contribution is 2.22. The van der Waals surface area contributed by atoms with E-state index in [1.165, 1.54) is 0 Å². The Morgan fingerprint density at radius 3 is 2.67 bits per heavy atom. The van der Waals surface area contributed by atoms with Crippen LogP contribution >= 0.6 is 0 Å². The number of para-hydroxylation sites is 2. The number of hydrogen-bond donors (Lipinski definition) is 3. The summed E-state index contributed by atoms with van der Waals surface area (Å²) in [7, 11) is 0. The van der Waals surface area contributed by atoms with Crippen LogP contribution in [0.1, 0.15) is 23.6 Å². The van der Waals surface area contributed by atoms with Gasteiger partial charge in [-0.3, -0.25) is 15.6 Å². The average Bonchev–Trinajstić information content (AvgIpc) is 3.16. The molecule has 27 heavy (non-hydrogen) atoms. The van der Waals surface area contributed by atoms with Crippen molar-refractivity contribution < 1.29 is 4.79 Å². The maximum atomic E-state index is 12.4. The Morgan fingerprint density at radius 1 is 1.07 bits per heavy atom. The van der Waals surface area contributed by atoms with Crippen molar-refractivity contribution in [3.05, 3.63) is 78.0 Å². The van der Waals surface area contributed by atoms with Crippen molar-refractivity contribution in [2.45, 2.75) is 19.4 Å². The number of rotatable bonds is 5. The zero-order valence-electron chi connectivity index (χ0n) is 15.0. The molecule has 0 aliphatic carbocycles. The molecule has 1 amide bonds. The third kappa shape index (κ3) is 3.35. The second kappa shape index (κ2) is 7.09. The fourth-order valence-electron chi connectivity index (χ4n) is 3.31. The molecule has 0 spiro atoms. The van der Waals surface area contributed by atoms with Gasteiger partial charge in [0, 0.05) is 18.7 Å². The molecule has 2 aromatic heterocycles. The molecule has 2 heterocycles. The van der Waals surface area contributed by atoms with E-state index in [-0.39, 0.29) is 18.4 Å². The highest BCUT2D eigenvalue weighted by Gasteiger charge is 2.14. The molecule has 4 N–H and O–H groups in total. The maximum absolute atomic E-state index is 12.4. The van der Waals surface area contributed by atoms with Gasteiger partial charge in [0.05, 0.1) is 16.6 Å². The number of benzene rings is 2. The van der Waals surface area contributed by atoms with E-state index in [4.69, 9.17) is 5.73 Å². The summed E-state index contributed by atoms with van der Waals surface area (Å²) >= 11 is 0. The number of fused-ring (bicyclic) bond motifs is 3. The molecule has 4 aromatic rings. The lowest BCUT2D eigenvalue weighted by Gasteiger charge is -2.15. The zero-order valence-corrected chi connectivity index (χ0v) is 15.0. The average molecular weight is 359 g/mol. The van der Waals surface area contributed by atoms with Crippen LogP contribution in [0.4, 0.5) is 5.82 Å². The second-order valence-electron chi connectivity index (χ2n) is 6.55. The monoisotopic (exact) mass is 359 g/mol. The molecule has 0 bridgehead atoms. The molecule has 0 aliphatic rings. The predicted octanol–water partition coefficient (Wildman–Crippen LogP) is 3.33. The zero-order chi connectivity index (χ0) is 18.8. The smallest absolute Gasteiger partial charge is 0.240 e. The van der Waals surface area contributed by atoms with Gasteiger partial charge in [0.25, 0.3) is 0 Å². The van der Waals surface area contributed by atoms with E-state index in [2.05, 4.69) is 15.8 Å². The first-order valence-electron chi connectivity index (χ1n) is 8.85. The summed E-state index contributed by atoms with van der Waals surface area (Å²) in [6.07, 6.45) is 2.16. The molecule has 0 saturated carbocycles. The third-order valence-electron chi connectivity index (χ3n) is 4.68. The number of aryl methyl sites for hydroxylation is 1. The minimum atomic E-state index is -0.356. The number of amides is 1. The topological polar surface area (TPSA) is 84.5 Å². The number of nitrogens with one attached hydrogen (secondary N) is 2. The number of hydrogen-bond acceptors (Lipinski definition) is 4. The summed E-state index contributed by atoms with van der Waals surface area (Å²) in [4.78, 5) is 17.0. The molecular weight excluding hydrogens is 338 g/mol. The Hall–Kier alpha value is -3.38. The van der Waals surface area contributed by atoms with Gasteiger partial charge >= 0.3 is 0 Å². The number of aromatic nitrogens is 2. The molecule has 2 aromatic carbocycles. The summed E-state index contributed by atoms with van der Waals surface area (Å²) in [5.74, 6) is 0.405. The van der Waals surface area contributed by atoms with Crippen molar-refractivity contribution >= 4 is 28.3 Å². The number of carbonyl (C=O) groups excluding carboxylic acids is 1. The van der Waals surface area contributed by atoms with E-state index in [9.17, 15) is 4.79 Å². The fourth-order valence-corrected chi connectivity index (χ4v) is 3.31. The lowest BCUT2D eigenvalue weighted by Crippen LogP contribution is -2.32. The molecule has 6 heteroatoms. The molecule has 1 atom stereocenters. The standard InChI is InChI=1S/C21H21N5O/c1-14-7-2-3-8-15(14)16(22)13-20(27)24-25-21-19-11-6-12-26(19)18-10-5-4-9-17(18)23-21/h2-12,16H,13,22H2,1H3,(H,23,25)(H,24,27). The maximum Gasteiger partial charge on any atom is 0.240 e. The summed E-state index contributed by atoms with van der Waals surface area (Å²) in [6.45, 7) is 1.99. The van der Waals surface area contributed by atoms with E-state index < -0.39 is 0 Å². The van der Waals surface area contributed by atoms with Crippen molar-refractivity contribution in [3.8, 4) is 0 Å². The van der Waals surface area contributed by atoms with Crippen LogP contribution < -0.4 is 16.6 Å². The number of anilines is 1. The summed E-state index contributed by atoms with van der Waals surface area (Å²) in [5, 5.41) is 0. The Morgan fingerprint density at radius 2 is 1.81 bits per heavy atom. The normalized spacial score (nSPS) is 12.2. The summed E-state index contributed by atoms with van der Waals surface area (Å²) in [5.41, 5.74) is 16.7. The van der Waals surface area contributed by atoms with Crippen molar-refractivity contribution in [3.63, 3.8) is 0 Å². The van der Waals surface area contributed by atoms with Crippen molar-refractivity contribution in [2.24, 2.45) is 5.73 Å². The van der Waals surface area contributed by atoms with Crippen LogP contribution in [0, 0.1) is 6.92 Å². The lowest BCUT2D eigenvalue weighted by molar-refractivity contribution is -0.120. The second-order valence-corrected chi connectivity index (χ2v) is 6.55. The van der Waals surface area contributed by atoms with Gasteiger partial charge in [-0.1, -0.05) is 36.4 Å². The minimum absolute atomic E-state index is 0.183. The quantitative estimate of drug-likeness (QED) is 0.477. The third-order valence-corrected chi connectivity index (χ3v) is 4.68. The highest BCUT2D eigenvalue weighted by molar-refractivity contribution is 5.86. The Labute approximate surface area is 157 Å². The lowest BCUT2D eigenvalue weighted by atomic mass is 9.99. The molecule has 136 valence electrons. The number of hydrazine groups is 1. The molecule has 6 nitrogen and oxygen atoms in total. The van der Waals surface area contributed by atoms with E-state index in [0.717, 1.165) is 27.7 Å². The Kier molecular flexibility index (Phi) is 4.48. The van der Waals surface area contributed by atoms with Gasteiger partial charge in [-0.15, -0.1) is 0 Å². The van der Waals surface area contributed by atoms with E-state index >= 15 is 0 Å². The number of nitrogens with two attached hydrogens (primary N) is 1. The van der Waals surface area contributed by atoms with Gasteiger partial charge in [0.15, 0.2) is 5.82 Å². The Balaban J connectivity index is 1.50. The van der Waals surface area contributed by atoms with Crippen LogP contribution in [0.15, 0.2) is 66.9 Å². The van der Waals surface area contributed by atoms with Gasteiger partial charge in [-0.2, -0.15) is 0 Å². The van der Waals surface area contributed by atoms with Gasteiger partial charge in [0.2, 0.25) is 5.91 Å². The van der Waals surface area contributed by atoms with E-state index in [0.29, 0.717) is 5.82 Å². The molecule has 1 unspecified atom stereocenters. The fraction of sp³-hybridized carbons (Fsp3) is 0.143. The van der Waals surface area contributed by atoms with Gasteiger partial charge in [-0.05, 0) is 42.3 Å². The van der Waals surface area contributed by atoms with Gasteiger partial charge in [0.1, 0.15) is 0 Å². The number of nitrogens with zero attached hydrogens (tertiary/aromatic N) is 2. The highest BCUT2D eigenvalue weighted by atomic mass is 16.2. The summed E-state index contributed by atoms with van der Waals surface area (Å²) < 4.78 is 2.04. The van der Waals surface area contributed by atoms with Crippen LogP contribution in [-0.4, -0.2) is 15.3 Å². The van der Waals surface area contributed by atoms with Crippen LogP contribution in [0.2, 0.25) is 0 Å². The van der Waals surface area contributed by atoms with Gasteiger partial charge in [-0.25, -0.2) is 4.98 Å². The van der Waals surface area contributed by atoms with Crippen LogP contribution in [0.5, 0.6) is 0 Å². The number of carbonyl (C=O) groups is 1. The SMILES string of the molecule is Cc1ccccc1C(N)CC(=O)NNc1nc2ccccc2n2cccc12. The molecule has 0 fully saturated rings. The van der Waals surface area contributed by atoms with Crippen molar-refractivity contribution in [1.82, 2.24) is 14.8 Å². The van der Waals surface area contributed by atoms with Crippen LogP contribution in [0.3, 0.4) is 0 Å².